The van der Waals surface area contributed by atoms with Crippen molar-refractivity contribution < 1.29 is 9.59 Å². The normalized spacial score (nSPS) is 27.0. The van der Waals surface area contributed by atoms with Crippen LogP contribution in [0.2, 0.25) is 0 Å². The van der Waals surface area contributed by atoms with E-state index in [4.69, 9.17) is 0 Å². The zero-order valence-electron chi connectivity index (χ0n) is 48.0. The van der Waals surface area contributed by atoms with Crippen LogP contribution in [0.4, 0.5) is 0 Å². The monoisotopic (exact) mass is 1010 g/mol. The quantitative estimate of drug-likeness (QED) is 0.152. The minimum atomic E-state index is -0.313. The Kier molecular flexibility index (Phi) is 10.1. The maximum Gasteiger partial charge on any atom is 0.169 e. The summed E-state index contributed by atoms with van der Waals surface area (Å²) in [6.45, 7) is 24.2. The molecule has 0 saturated heterocycles. The molecule has 5 aromatic carbocycles. The van der Waals surface area contributed by atoms with Crippen LogP contribution in [0, 0.1) is 10.8 Å². The van der Waals surface area contributed by atoms with E-state index in [0.29, 0.717) is 23.4 Å². The second-order valence-electron chi connectivity index (χ2n) is 28.7. The van der Waals surface area contributed by atoms with E-state index in [9.17, 15) is 0 Å². The first kappa shape index (κ1) is 48.2. The molecule has 4 aromatic heterocycles. The van der Waals surface area contributed by atoms with Crippen LogP contribution < -0.4 is 0 Å². The van der Waals surface area contributed by atoms with Crippen molar-refractivity contribution in [3.05, 3.63) is 93.0 Å². The van der Waals surface area contributed by atoms with Crippen molar-refractivity contribution in [2.45, 2.75) is 244 Å². The van der Waals surface area contributed by atoms with Crippen molar-refractivity contribution in [1.82, 2.24) is 8.80 Å². The average molecular weight is 1010 g/mol. The second kappa shape index (κ2) is 15.9. The summed E-state index contributed by atoms with van der Waals surface area (Å²) in [5, 5.41) is 10.9. The van der Waals surface area contributed by atoms with E-state index in [-0.39, 0.29) is 32.5 Å². The molecule has 76 heavy (non-hydrogen) atoms. The molecule has 0 amide bonds. The third kappa shape index (κ3) is 5.99. The van der Waals surface area contributed by atoms with E-state index in [1.807, 2.05) is 0 Å². The van der Waals surface area contributed by atoms with Gasteiger partial charge in [0.15, 0.2) is 11.6 Å². The summed E-state index contributed by atoms with van der Waals surface area (Å²) in [6, 6.07) is 20.9. The third-order valence-electron chi connectivity index (χ3n) is 24.9. The number of rotatable bonds is 8. The molecule has 4 nitrogen and oxygen atoms in total. The Morgan fingerprint density at radius 3 is 1.04 bits per heavy atom. The topological polar surface area (TPSA) is 43.0 Å². The third-order valence-corrected chi connectivity index (χ3v) is 24.9. The smallest absolute Gasteiger partial charge is 0.169 e. The number of hydrogen-bond donors (Lipinski definition) is 0. The number of fused-ring (bicyclic) bond motifs is 16. The van der Waals surface area contributed by atoms with Crippen LogP contribution in [0.15, 0.2) is 48.5 Å². The van der Waals surface area contributed by atoms with E-state index in [1.54, 1.807) is 0 Å². The van der Waals surface area contributed by atoms with Crippen LogP contribution in [0.5, 0.6) is 0 Å². The van der Waals surface area contributed by atoms with Gasteiger partial charge in [0.05, 0.1) is 33.1 Å². The zero-order chi connectivity index (χ0) is 52.4. The Balaban J connectivity index is 1.16. The number of benzene rings is 5. The van der Waals surface area contributed by atoms with Gasteiger partial charge in [0.2, 0.25) is 0 Å². The van der Waals surface area contributed by atoms with E-state index >= 15 is 9.59 Å². The van der Waals surface area contributed by atoms with Crippen molar-refractivity contribution in [1.29, 1.82) is 0 Å². The fraction of sp³-hybridized carbons (Fsp3) is 0.556. The summed E-state index contributed by atoms with van der Waals surface area (Å²) < 4.78 is 5.48. The maximum absolute atomic E-state index is 15.7. The molecule has 0 radical (unpaired) electrons. The van der Waals surface area contributed by atoms with Gasteiger partial charge in [-0.25, -0.2) is 0 Å². The molecule has 0 aliphatic heterocycles. The van der Waals surface area contributed by atoms with Crippen LogP contribution in [0.25, 0.3) is 76.2 Å². The van der Waals surface area contributed by atoms with Crippen molar-refractivity contribution in [3.63, 3.8) is 0 Å². The Bertz CT molecular complexity index is 3700. The summed E-state index contributed by atoms with van der Waals surface area (Å²) in [5.41, 5.74) is 17.9. The van der Waals surface area contributed by atoms with Gasteiger partial charge in [-0.1, -0.05) is 108 Å². The molecule has 9 aromatic rings. The van der Waals surface area contributed by atoms with Gasteiger partial charge in [-0.15, -0.1) is 0 Å². The molecule has 4 fully saturated rings. The summed E-state index contributed by atoms with van der Waals surface area (Å²) in [7, 11) is 0. The van der Waals surface area contributed by atoms with Gasteiger partial charge in [-0.05, 0) is 218 Å². The lowest BCUT2D eigenvalue weighted by Crippen LogP contribution is -2.33. The number of Topliss-reactive ketones (excluding diaryl/α,β-unsaturated/α-hetero) is 2. The van der Waals surface area contributed by atoms with Crippen molar-refractivity contribution in [3.8, 4) is 0 Å². The molecule has 4 heteroatoms. The minimum absolute atomic E-state index is 0.00968. The van der Waals surface area contributed by atoms with Gasteiger partial charge in [0, 0.05) is 65.0 Å². The number of carbonyl (C=O) groups excluding carboxylic acids is 2. The fourth-order valence-electron chi connectivity index (χ4n) is 18.3. The molecule has 8 aliphatic rings. The van der Waals surface area contributed by atoms with E-state index in [2.05, 4.69) is 127 Å². The van der Waals surface area contributed by atoms with Crippen LogP contribution in [0.1, 0.15) is 276 Å². The van der Waals surface area contributed by atoms with E-state index < -0.39 is 0 Å². The highest BCUT2D eigenvalue weighted by molar-refractivity contribution is 6.30. The van der Waals surface area contributed by atoms with Crippen LogP contribution in [0.3, 0.4) is 0 Å². The predicted molar refractivity (Wildman–Crippen MR) is 320 cm³/mol. The minimum Gasteiger partial charge on any atom is -0.308 e. The van der Waals surface area contributed by atoms with Crippen molar-refractivity contribution in [2.24, 2.45) is 10.8 Å². The number of aromatic nitrogens is 2. The lowest BCUT2D eigenvalue weighted by Gasteiger charge is -2.38. The Labute approximate surface area is 451 Å². The van der Waals surface area contributed by atoms with Gasteiger partial charge in [0.1, 0.15) is 0 Å². The zero-order valence-corrected chi connectivity index (χ0v) is 48.0. The summed E-state index contributed by atoms with van der Waals surface area (Å²) in [6.07, 6.45) is 24.7. The van der Waals surface area contributed by atoms with Crippen LogP contribution in [-0.2, 0) is 21.7 Å². The summed E-state index contributed by atoms with van der Waals surface area (Å²) in [4.78, 5) is 31.5. The molecule has 0 spiro atoms. The molecule has 394 valence electrons. The number of hydrogen-bond acceptors (Lipinski definition) is 2. The summed E-state index contributed by atoms with van der Waals surface area (Å²) in [5.74, 6) is 1.59. The molecule has 4 heterocycles. The Morgan fingerprint density at radius 2 is 0.711 bits per heavy atom. The van der Waals surface area contributed by atoms with Crippen molar-refractivity contribution >= 4 is 87.8 Å². The van der Waals surface area contributed by atoms with E-state index in [1.165, 1.54) is 148 Å². The maximum atomic E-state index is 15.7. The van der Waals surface area contributed by atoms with Crippen LogP contribution in [-0.4, -0.2) is 20.4 Å². The number of nitrogens with zero attached hydrogens (tertiary/aromatic N) is 2. The van der Waals surface area contributed by atoms with Gasteiger partial charge in [0.25, 0.3) is 0 Å². The fourth-order valence-corrected chi connectivity index (χ4v) is 18.3. The first-order valence-corrected chi connectivity index (χ1v) is 31.2. The molecule has 0 atom stereocenters. The van der Waals surface area contributed by atoms with Gasteiger partial charge < -0.3 is 8.80 Å². The van der Waals surface area contributed by atoms with Gasteiger partial charge in [-0.2, -0.15) is 0 Å². The highest BCUT2D eigenvalue weighted by Gasteiger charge is 2.52. The SMILES string of the molecule is CCC(C)(CC)c1cc2c3cc4c(cc3n3c5c(C6CCCCC6)c6c(cc5c(c1)c23)C1(C)CCC(C)(CC1)C6=O)c1cc(C(C)(CC)CC)cc2c3cc5c(c(C6CCCCC6)c3n4c12)C(=O)C1(C)CCC5(C)CC1. The molecule has 4 bridgehead atoms. The molecule has 8 aliphatic carbocycles. The molecule has 4 saturated carbocycles. The average Bonchev–Trinajstić information content (AvgIpc) is 4.21. The molecule has 0 unspecified atom stereocenters. The largest absolute Gasteiger partial charge is 0.308 e. The molecule has 0 N–H and O–H groups in total. The van der Waals surface area contributed by atoms with Gasteiger partial charge in [-0.3, -0.25) is 9.59 Å². The molecular weight excluding hydrogens is 925 g/mol. The highest BCUT2D eigenvalue weighted by atomic mass is 16.1. The predicted octanol–water partition coefficient (Wildman–Crippen LogP) is 20.3. The number of ketones is 2. The first-order chi connectivity index (χ1) is 36.5. The lowest BCUT2D eigenvalue weighted by atomic mass is 9.65. The van der Waals surface area contributed by atoms with Crippen molar-refractivity contribution in [2.75, 3.05) is 0 Å². The molecular formula is C72H84N2O2. The van der Waals surface area contributed by atoms with Gasteiger partial charge >= 0.3 is 0 Å². The first-order valence-electron chi connectivity index (χ1n) is 31.2. The van der Waals surface area contributed by atoms with E-state index in [0.717, 1.165) is 114 Å². The Morgan fingerprint density at radius 1 is 0.408 bits per heavy atom. The lowest BCUT2D eigenvalue weighted by molar-refractivity contribution is 0.0724. The van der Waals surface area contributed by atoms with Crippen LogP contribution >= 0.6 is 0 Å². The Hall–Kier alpha value is -4.96. The standard InChI is InChI=1S/C72H84N2O2/c1-11-67(5,12-2)43-33-47-45-39-56-46(40-55(45)73-61(47)49(35-43)51-37-53-59(57(63(51)73)41-21-17-15-18-22-41)65(75)71(9)29-25-69(53,7)26-30-71)48-34-44(68(6,13-3)14-4)36-50-52-38-54-60(66(76)72(10)31-27-70(54,8)28-32-72)58(42-23-19-16-20-24-42)64(52)74(56)62(48)50/h33-42H,11-32H2,1-10H3. The second-order valence-corrected chi connectivity index (χ2v) is 28.7. The number of carbonyl (C=O) groups is 2. The highest BCUT2D eigenvalue weighted by Crippen LogP contribution is 2.60. The summed E-state index contributed by atoms with van der Waals surface area (Å²) >= 11 is 0. The molecule has 17 rings (SSSR count).